The number of hydrogen-bond donors (Lipinski definition) is 1. The van der Waals surface area contributed by atoms with E-state index in [-0.39, 0.29) is 5.56 Å². The van der Waals surface area contributed by atoms with E-state index < -0.39 is 5.60 Å². The van der Waals surface area contributed by atoms with Crippen LogP contribution in [0.5, 0.6) is 0 Å². The maximum absolute atomic E-state index is 13.3. The summed E-state index contributed by atoms with van der Waals surface area (Å²) in [6.07, 6.45) is 7.05. The molecular formula is C29H24Cl2N4O2. The summed E-state index contributed by atoms with van der Waals surface area (Å²) in [5, 5.41) is 14.3. The lowest BCUT2D eigenvalue weighted by atomic mass is 9.85. The van der Waals surface area contributed by atoms with Gasteiger partial charge in [0.1, 0.15) is 0 Å². The van der Waals surface area contributed by atoms with Crippen LogP contribution in [0.25, 0.3) is 22.0 Å². The van der Waals surface area contributed by atoms with Crippen LogP contribution in [0, 0.1) is 5.92 Å². The second-order valence-electron chi connectivity index (χ2n) is 9.65. The van der Waals surface area contributed by atoms with Gasteiger partial charge in [-0.2, -0.15) is 0 Å². The average molecular weight is 531 g/mol. The van der Waals surface area contributed by atoms with E-state index in [0.717, 1.165) is 34.9 Å². The predicted molar refractivity (Wildman–Crippen MR) is 146 cm³/mol. The summed E-state index contributed by atoms with van der Waals surface area (Å²) >= 11 is 12.4. The number of halogens is 2. The first kappa shape index (κ1) is 23.9. The molecule has 8 heteroatoms. The van der Waals surface area contributed by atoms with Crippen LogP contribution < -0.4 is 5.56 Å². The van der Waals surface area contributed by atoms with Crippen molar-refractivity contribution < 1.29 is 5.11 Å². The first-order chi connectivity index (χ1) is 17.8. The van der Waals surface area contributed by atoms with Crippen molar-refractivity contribution >= 4 is 34.1 Å². The van der Waals surface area contributed by atoms with Crippen LogP contribution in [0.2, 0.25) is 10.0 Å². The van der Waals surface area contributed by atoms with Crippen molar-refractivity contribution in [2.24, 2.45) is 13.0 Å². The summed E-state index contributed by atoms with van der Waals surface area (Å²) in [4.78, 5) is 22.0. The number of aliphatic hydroxyl groups is 1. The minimum absolute atomic E-state index is 0.0524. The van der Waals surface area contributed by atoms with Crippen molar-refractivity contribution in [3.63, 3.8) is 0 Å². The smallest absolute Gasteiger partial charge is 0.251 e. The molecule has 1 aliphatic rings. The Morgan fingerprint density at radius 3 is 2.54 bits per heavy atom. The minimum Gasteiger partial charge on any atom is -0.373 e. The molecule has 0 bridgehead atoms. The molecule has 0 saturated heterocycles. The van der Waals surface area contributed by atoms with Gasteiger partial charge in [0.15, 0.2) is 5.60 Å². The Hall–Kier alpha value is -3.45. The third-order valence-corrected chi connectivity index (χ3v) is 7.55. The summed E-state index contributed by atoms with van der Waals surface area (Å²) in [6, 6.07) is 18.3. The van der Waals surface area contributed by atoms with E-state index in [4.69, 9.17) is 23.2 Å². The standard InChI is InChI=1S/C29H24Cl2N4O2/c1-34-17-32-15-27(34)29(37,26-10-8-22(31)14-33-26)20-7-9-25-24(12-20)23(19-3-2-4-21(30)11-19)13-28(36)35(25)16-18-5-6-18/h2-4,7-15,17-18,37H,5-6,16H2,1H3. The lowest BCUT2D eigenvalue weighted by Crippen LogP contribution is -2.32. The van der Waals surface area contributed by atoms with Crippen LogP contribution in [-0.2, 0) is 19.2 Å². The fraction of sp³-hybridized carbons (Fsp3) is 0.207. The number of benzene rings is 2. The van der Waals surface area contributed by atoms with Crippen LogP contribution >= 0.6 is 23.2 Å². The van der Waals surface area contributed by atoms with E-state index in [1.807, 2.05) is 48.0 Å². The molecule has 1 atom stereocenters. The fourth-order valence-corrected chi connectivity index (χ4v) is 5.28. The first-order valence-corrected chi connectivity index (χ1v) is 12.9. The highest BCUT2D eigenvalue weighted by Crippen LogP contribution is 2.39. The van der Waals surface area contributed by atoms with E-state index in [1.54, 1.807) is 41.4 Å². The normalized spacial score (nSPS) is 15.1. The Labute approximate surface area is 223 Å². The minimum atomic E-state index is -1.62. The van der Waals surface area contributed by atoms with Crippen LogP contribution in [0.4, 0.5) is 0 Å². The predicted octanol–water partition coefficient (Wildman–Crippen LogP) is 5.80. The first-order valence-electron chi connectivity index (χ1n) is 12.1. The number of aromatic nitrogens is 4. The number of hydrogen-bond acceptors (Lipinski definition) is 4. The summed E-state index contributed by atoms with van der Waals surface area (Å²) in [5.74, 6) is 0.516. The van der Waals surface area contributed by atoms with Crippen molar-refractivity contribution in [1.29, 1.82) is 0 Å². The topological polar surface area (TPSA) is 72.9 Å². The second-order valence-corrected chi connectivity index (χ2v) is 10.5. The highest BCUT2D eigenvalue weighted by atomic mass is 35.5. The lowest BCUT2D eigenvalue weighted by Gasteiger charge is -2.29. The van der Waals surface area contributed by atoms with Gasteiger partial charge in [0.2, 0.25) is 0 Å². The average Bonchev–Trinajstić information content (AvgIpc) is 3.62. The van der Waals surface area contributed by atoms with Crippen LogP contribution in [-0.4, -0.2) is 24.2 Å². The quantitative estimate of drug-likeness (QED) is 0.301. The largest absolute Gasteiger partial charge is 0.373 e. The zero-order valence-corrected chi connectivity index (χ0v) is 21.6. The van der Waals surface area contributed by atoms with E-state index in [9.17, 15) is 9.90 Å². The molecule has 3 heterocycles. The lowest BCUT2D eigenvalue weighted by molar-refractivity contribution is 0.113. The number of nitrogens with zero attached hydrogens (tertiary/aromatic N) is 4. The van der Waals surface area contributed by atoms with Crippen molar-refractivity contribution in [3.05, 3.63) is 117 Å². The molecule has 1 N–H and O–H groups in total. The molecule has 37 heavy (non-hydrogen) atoms. The summed E-state index contributed by atoms with van der Waals surface area (Å²) < 4.78 is 3.61. The Morgan fingerprint density at radius 2 is 1.86 bits per heavy atom. The van der Waals surface area contributed by atoms with E-state index >= 15 is 0 Å². The zero-order chi connectivity index (χ0) is 25.7. The van der Waals surface area contributed by atoms with Crippen molar-refractivity contribution in [1.82, 2.24) is 19.1 Å². The summed E-state index contributed by atoms with van der Waals surface area (Å²) in [7, 11) is 1.83. The zero-order valence-electron chi connectivity index (χ0n) is 20.1. The number of aryl methyl sites for hydroxylation is 1. The molecule has 1 aliphatic carbocycles. The molecule has 0 amide bonds. The molecular weight excluding hydrogens is 507 g/mol. The van der Waals surface area contributed by atoms with E-state index in [0.29, 0.717) is 39.5 Å². The van der Waals surface area contributed by atoms with Gasteiger partial charge in [-0.1, -0.05) is 41.4 Å². The van der Waals surface area contributed by atoms with Gasteiger partial charge < -0.3 is 14.2 Å². The molecule has 6 rings (SSSR count). The highest BCUT2D eigenvalue weighted by Gasteiger charge is 2.38. The molecule has 1 fully saturated rings. The van der Waals surface area contributed by atoms with Crippen molar-refractivity contribution in [2.45, 2.75) is 25.0 Å². The molecule has 1 unspecified atom stereocenters. The number of pyridine rings is 2. The molecule has 0 spiro atoms. The summed E-state index contributed by atoms with van der Waals surface area (Å²) in [5.41, 5.74) is 2.29. The number of imidazole rings is 1. The number of fused-ring (bicyclic) bond motifs is 1. The van der Waals surface area contributed by atoms with Gasteiger partial charge in [0.05, 0.1) is 34.5 Å². The van der Waals surface area contributed by atoms with Gasteiger partial charge in [-0.05, 0) is 71.8 Å². The monoisotopic (exact) mass is 530 g/mol. The maximum atomic E-state index is 13.3. The Morgan fingerprint density at radius 1 is 1.03 bits per heavy atom. The Bertz CT molecular complexity index is 1690. The molecule has 3 aromatic heterocycles. The molecule has 0 aliphatic heterocycles. The van der Waals surface area contributed by atoms with Gasteiger partial charge >= 0.3 is 0 Å². The molecule has 0 radical (unpaired) electrons. The van der Waals surface area contributed by atoms with Crippen molar-refractivity contribution in [2.75, 3.05) is 0 Å². The van der Waals surface area contributed by atoms with Crippen molar-refractivity contribution in [3.8, 4) is 11.1 Å². The third-order valence-electron chi connectivity index (χ3n) is 7.09. The second kappa shape index (κ2) is 9.14. The number of rotatable bonds is 6. The highest BCUT2D eigenvalue weighted by molar-refractivity contribution is 6.31. The molecule has 5 aromatic rings. The summed E-state index contributed by atoms with van der Waals surface area (Å²) in [6.45, 7) is 0.676. The van der Waals surface area contributed by atoms with Crippen LogP contribution in [0.15, 0.2) is 84.2 Å². The Kier molecular flexibility index (Phi) is 5.91. The third kappa shape index (κ3) is 4.25. The van der Waals surface area contributed by atoms with Crippen LogP contribution in [0.1, 0.15) is 29.8 Å². The van der Waals surface area contributed by atoms with E-state index in [2.05, 4.69) is 9.97 Å². The fourth-order valence-electron chi connectivity index (χ4n) is 4.97. The van der Waals surface area contributed by atoms with Gasteiger partial charge in [-0.25, -0.2) is 4.98 Å². The van der Waals surface area contributed by atoms with Gasteiger partial charge in [-0.15, -0.1) is 0 Å². The molecule has 2 aromatic carbocycles. The molecule has 1 saturated carbocycles. The van der Waals surface area contributed by atoms with Gasteiger partial charge in [0, 0.05) is 36.3 Å². The molecule has 6 nitrogen and oxygen atoms in total. The SMILES string of the molecule is Cn1cncc1C(O)(c1ccc2c(c1)c(-c1cccc(Cl)c1)cc(=O)n2CC1CC1)c1ccc(Cl)cn1. The maximum Gasteiger partial charge on any atom is 0.251 e. The molecule has 186 valence electrons. The Balaban J connectivity index is 1.65. The van der Waals surface area contributed by atoms with Gasteiger partial charge in [0.25, 0.3) is 5.56 Å². The van der Waals surface area contributed by atoms with Crippen LogP contribution in [0.3, 0.4) is 0 Å². The van der Waals surface area contributed by atoms with E-state index in [1.165, 1.54) is 6.20 Å². The van der Waals surface area contributed by atoms with Gasteiger partial charge in [-0.3, -0.25) is 9.78 Å².